The number of nitrogen functional groups attached to an aromatic ring is 1. The molecule has 0 radical (unpaired) electrons. The first-order valence-electron chi connectivity index (χ1n) is 7.09. The van der Waals surface area contributed by atoms with Gasteiger partial charge in [0, 0.05) is 17.8 Å². The number of benzene rings is 1. The molecule has 0 bridgehead atoms. The van der Waals surface area contributed by atoms with Crippen molar-refractivity contribution in [3.8, 4) is 0 Å². The second-order valence-electron chi connectivity index (χ2n) is 5.55. The van der Waals surface area contributed by atoms with Crippen molar-refractivity contribution in [1.29, 1.82) is 0 Å². The highest BCUT2D eigenvalue weighted by Crippen LogP contribution is 2.24. The average molecular weight is 281 g/mol. The van der Waals surface area contributed by atoms with E-state index in [1.807, 2.05) is 31.2 Å². The summed E-state index contributed by atoms with van der Waals surface area (Å²) < 4.78 is 2.21. The minimum absolute atomic E-state index is 0.335. The molecular weight excluding hydrogens is 262 g/mol. The maximum Gasteiger partial charge on any atom is 0.125 e. The lowest BCUT2D eigenvalue weighted by Gasteiger charge is -2.11. The Balaban J connectivity index is 2.13. The van der Waals surface area contributed by atoms with Crippen molar-refractivity contribution in [3.05, 3.63) is 47.8 Å². The average Bonchev–Trinajstić information content (AvgIpc) is 2.77. The molecule has 2 heterocycles. The minimum Gasteiger partial charge on any atom is -0.399 e. The summed E-state index contributed by atoms with van der Waals surface area (Å²) in [7, 11) is 0. The van der Waals surface area contributed by atoms with Crippen LogP contribution in [0.2, 0.25) is 0 Å². The van der Waals surface area contributed by atoms with Crippen LogP contribution in [0.4, 0.5) is 5.69 Å². The summed E-state index contributed by atoms with van der Waals surface area (Å²) in [4.78, 5) is 13.4. The van der Waals surface area contributed by atoms with E-state index in [0.29, 0.717) is 12.5 Å². The molecule has 0 atom stereocenters. The van der Waals surface area contributed by atoms with Gasteiger partial charge in [-0.25, -0.2) is 15.0 Å². The van der Waals surface area contributed by atoms with E-state index in [0.717, 1.165) is 34.1 Å². The van der Waals surface area contributed by atoms with Gasteiger partial charge in [0.25, 0.3) is 0 Å². The van der Waals surface area contributed by atoms with Crippen molar-refractivity contribution in [3.63, 3.8) is 0 Å². The maximum atomic E-state index is 5.86. The van der Waals surface area contributed by atoms with Gasteiger partial charge in [0.1, 0.15) is 11.6 Å². The SMILES string of the molecule is Cc1nccc(Cn2c(C(C)C)nc3cc(N)ccc32)n1. The molecule has 2 N–H and O–H groups in total. The van der Waals surface area contributed by atoms with Gasteiger partial charge >= 0.3 is 0 Å². The van der Waals surface area contributed by atoms with Crippen LogP contribution >= 0.6 is 0 Å². The summed E-state index contributed by atoms with van der Waals surface area (Å²) >= 11 is 0. The summed E-state index contributed by atoms with van der Waals surface area (Å²) in [5, 5.41) is 0. The van der Waals surface area contributed by atoms with Gasteiger partial charge in [-0.05, 0) is 31.2 Å². The number of rotatable bonds is 3. The monoisotopic (exact) mass is 281 g/mol. The third kappa shape index (κ3) is 2.59. The maximum absolute atomic E-state index is 5.86. The van der Waals surface area contributed by atoms with Crippen LogP contribution in [0.25, 0.3) is 11.0 Å². The van der Waals surface area contributed by atoms with Crippen molar-refractivity contribution in [1.82, 2.24) is 19.5 Å². The summed E-state index contributed by atoms with van der Waals surface area (Å²) in [6, 6.07) is 7.80. The van der Waals surface area contributed by atoms with E-state index < -0.39 is 0 Å². The molecule has 0 unspecified atom stereocenters. The molecule has 0 fully saturated rings. The molecule has 5 heteroatoms. The number of aromatic nitrogens is 4. The number of hydrogen-bond donors (Lipinski definition) is 1. The number of nitrogens with two attached hydrogens (primary N) is 1. The first-order valence-corrected chi connectivity index (χ1v) is 7.09. The number of nitrogens with zero attached hydrogens (tertiary/aromatic N) is 4. The quantitative estimate of drug-likeness (QED) is 0.749. The van der Waals surface area contributed by atoms with Crippen LogP contribution in [0.5, 0.6) is 0 Å². The molecule has 3 rings (SSSR count). The highest BCUT2D eigenvalue weighted by Gasteiger charge is 2.14. The van der Waals surface area contributed by atoms with E-state index in [2.05, 4.69) is 28.4 Å². The molecule has 0 aliphatic heterocycles. The van der Waals surface area contributed by atoms with Crippen LogP contribution in [0.15, 0.2) is 30.5 Å². The molecule has 1 aromatic carbocycles. The molecule has 21 heavy (non-hydrogen) atoms. The van der Waals surface area contributed by atoms with Crippen LogP contribution < -0.4 is 5.73 Å². The lowest BCUT2D eigenvalue weighted by atomic mass is 10.2. The van der Waals surface area contributed by atoms with Crippen molar-refractivity contribution in [2.24, 2.45) is 0 Å². The Bertz CT molecular complexity index is 788. The van der Waals surface area contributed by atoms with Crippen LogP contribution in [0, 0.1) is 6.92 Å². The van der Waals surface area contributed by atoms with Gasteiger partial charge in [-0.3, -0.25) is 0 Å². The van der Waals surface area contributed by atoms with Gasteiger partial charge in [-0.1, -0.05) is 13.8 Å². The Morgan fingerprint density at radius 2 is 2.00 bits per heavy atom. The highest BCUT2D eigenvalue weighted by molar-refractivity contribution is 5.79. The minimum atomic E-state index is 0.335. The fourth-order valence-electron chi connectivity index (χ4n) is 2.53. The van der Waals surface area contributed by atoms with Crippen molar-refractivity contribution < 1.29 is 0 Å². The topological polar surface area (TPSA) is 69.6 Å². The normalized spacial score (nSPS) is 11.4. The first kappa shape index (κ1) is 13.5. The predicted octanol–water partition coefficient (Wildman–Crippen LogP) is 2.89. The molecule has 0 aliphatic rings. The molecule has 5 nitrogen and oxygen atoms in total. The Morgan fingerprint density at radius 3 is 2.71 bits per heavy atom. The second kappa shape index (κ2) is 5.16. The zero-order valence-electron chi connectivity index (χ0n) is 12.5. The summed E-state index contributed by atoms with van der Waals surface area (Å²) in [5.74, 6) is 2.17. The molecule has 0 saturated heterocycles. The summed E-state index contributed by atoms with van der Waals surface area (Å²) in [6.07, 6.45) is 1.80. The molecule has 0 aliphatic carbocycles. The van der Waals surface area contributed by atoms with Gasteiger partial charge in [0.15, 0.2) is 0 Å². The standard InChI is InChI=1S/C16H19N5/c1-10(2)16-20-14-8-12(17)4-5-15(14)21(16)9-13-6-7-18-11(3)19-13/h4-8,10H,9,17H2,1-3H3. The predicted molar refractivity (Wildman–Crippen MR) is 84.1 cm³/mol. The molecule has 2 aromatic heterocycles. The van der Waals surface area contributed by atoms with Gasteiger partial charge in [0.2, 0.25) is 0 Å². The highest BCUT2D eigenvalue weighted by atomic mass is 15.1. The molecule has 0 amide bonds. The number of hydrogen-bond acceptors (Lipinski definition) is 4. The zero-order valence-corrected chi connectivity index (χ0v) is 12.5. The number of fused-ring (bicyclic) bond motifs is 1. The zero-order chi connectivity index (χ0) is 15.0. The molecule has 108 valence electrons. The lowest BCUT2D eigenvalue weighted by molar-refractivity contribution is 0.672. The van der Waals surface area contributed by atoms with Gasteiger partial charge in [-0.2, -0.15) is 0 Å². The van der Waals surface area contributed by atoms with Gasteiger partial charge in [0.05, 0.1) is 23.3 Å². The Hall–Kier alpha value is -2.43. The van der Waals surface area contributed by atoms with Gasteiger partial charge in [-0.15, -0.1) is 0 Å². The van der Waals surface area contributed by atoms with Crippen LogP contribution in [-0.4, -0.2) is 19.5 Å². The smallest absolute Gasteiger partial charge is 0.125 e. The van der Waals surface area contributed by atoms with Gasteiger partial charge < -0.3 is 10.3 Å². The van der Waals surface area contributed by atoms with E-state index in [-0.39, 0.29) is 0 Å². The van der Waals surface area contributed by atoms with E-state index >= 15 is 0 Å². The first-order chi connectivity index (χ1) is 10.0. The lowest BCUT2D eigenvalue weighted by Crippen LogP contribution is -2.08. The molecule has 3 aromatic rings. The van der Waals surface area contributed by atoms with Crippen LogP contribution in [-0.2, 0) is 6.54 Å². The van der Waals surface area contributed by atoms with E-state index in [1.165, 1.54) is 0 Å². The van der Waals surface area contributed by atoms with E-state index in [1.54, 1.807) is 6.20 Å². The Labute approximate surface area is 123 Å². The molecule has 0 saturated carbocycles. The summed E-state index contributed by atoms with van der Waals surface area (Å²) in [6.45, 7) is 6.88. The third-order valence-electron chi connectivity index (χ3n) is 3.47. The Morgan fingerprint density at radius 1 is 1.19 bits per heavy atom. The van der Waals surface area contributed by atoms with Crippen molar-refractivity contribution >= 4 is 16.7 Å². The second-order valence-corrected chi connectivity index (χ2v) is 5.55. The van der Waals surface area contributed by atoms with E-state index in [4.69, 9.17) is 10.7 Å². The van der Waals surface area contributed by atoms with Crippen molar-refractivity contribution in [2.75, 3.05) is 5.73 Å². The number of aryl methyl sites for hydroxylation is 1. The summed E-state index contributed by atoms with van der Waals surface area (Å²) in [5.41, 5.74) is 9.61. The fourth-order valence-corrected chi connectivity index (χ4v) is 2.53. The number of anilines is 1. The van der Waals surface area contributed by atoms with Crippen molar-refractivity contribution in [2.45, 2.75) is 33.2 Å². The molecular formula is C16H19N5. The fraction of sp³-hybridized carbons (Fsp3) is 0.312. The largest absolute Gasteiger partial charge is 0.399 e. The Kier molecular flexibility index (Phi) is 3.33. The molecule has 0 spiro atoms. The number of imidazole rings is 1. The van der Waals surface area contributed by atoms with Crippen LogP contribution in [0.1, 0.15) is 37.1 Å². The van der Waals surface area contributed by atoms with E-state index in [9.17, 15) is 0 Å². The van der Waals surface area contributed by atoms with Crippen LogP contribution in [0.3, 0.4) is 0 Å². The third-order valence-corrected chi connectivity index (χ3v) is 3.47.